The van der Waals surface area contributed by atoms with Crippen LogP contribution < -0.4 is 21.3 Å². The molecule has 0 unspecified atom stereocenters. The van der Waals surface area contributed by atoms with Crippen LogP contribution in [0.4, 0.5) is 4.79 Å². The molecule has 0 bridgehead atoms. The fourth-order valence-electron chi connectivity index (χ4n) is 4.45. The van der Waals surface area contributed by atoms with Gasteiger partial charge in [0.2, 0.25) is 11.8 Å². The maximum absolute atomic E-state index is 13.3. The van der Waals surface area contributed by atoms with Crippen LogP contribution in [0.1, 0.15) is 58.4 Å². The molecule has 13 heteroatoms. The van der Waals surface area contributed by atoms with Crippen molar-refractivity contribution in [3.63, 3.8) is 0 Å². The zero-order valence-corrected chi connectivity index (χ0v) is 27.5. The lowest BCUT2D eigenvalue weighted by Crippen LogP contribution is -2.57. The molecule has 1 aliphatic carbocycles. The van der Waals surface area contributed by atoms with Gasteiger partial charge in [-0.1, -0.05) is 63.9 Å². The highest BCUT2D eigenvalue weighted by Gasteiger charge is 2.36. The first kappa shape index (κ1) is 40.6. The Hall–Kier alpha value is -1.54. The topological polar surface area (TPSA) is 126 Å². The summed E-state index contributed by atoms with van der Waals surface area (Å²) in [6.07, 6.45) is 4.40. The summed E-state index contributed by atoms with van der Waals surface area (Å²) in [7, 11) is 0. The first-order valence-electron chi connectivity index (χ1n) is 12.9. The smallest absolute Gasteiger partial charge is 0.408 e. The SMILES string of the molecule is CC(C)(C)[C@H](NC(=O)OCc1ccccc1)C(=O)N[C@H](CN[C@H](C=O)C[C@@H]1CCNC1=O)CC1CC1.S.S.S.S. The largest absolute Gasteiger partial charge is 0.445 e. The van der Waals surface area contributed by atoms with E-state index >= 15 is 0 Å². The Morgan fingerprint density at radius 3 is 2.20 bits per heavy atom. The van der Waals surface area contributed by atoms with Crippen molar-refractivity contribution in [1.29, 1.82) is 0 Å². The molecule has 1 aromatic rings. The molecule has 1 saturated carbocycles. The van der Waals surface area contributed by atoms with Gasteiger partial charge < -0.3 is 30.8 Å². The third kappa shape index (κ3) is 13.9. The number of hydrogen-bond acceptors (Lipinski definition) is 6. The maximum atomic E-state index is 13.3. The minimum Gasteiger partial charge on any atom is -0.445 e. The van der Waals surface area contributed by atoms with Crippen LogP contribution in [-0.4, -0.2) is 55.4 Å². The first-order chi connectivity index (χ1) is 17.2. The standard InChI is InChI=1S/C27H40N4O5.4H2S/c1-27(2,3)23(31-26(35)36-17-19-7-5-4-6-8-19)25(34)30-21(13-18-9-10-18)15-29-22(16-32)14-20-11-12-28-24(20)33;;;;/h4-8,16,18,20-23,29H,9-15,17H2,1-3H3,(H,28,33)(H,30,34)(H,31,35);4*1H2/t20-,21-,22-,23+;;;;/m0..../s1. The van der Waals surface area contributed by atoms with E-state index in [0.717, 1.165) is 37.5 Å². The van der Waals surface area contributed by atoms with Crippen molar-refractivity contribution in [2.45, 2.75) is 77.6 Å². The third-order valence-electron chi connectivity index (χ3n) is 6.76. The van der Waals surface area contributed by atoms with Gasteiger partial charge in [-0.2, -0.15) is 54.0 Å². The van der Waals surface area contributed by atoms with Crippen molar-refractivity contribution in [3.05, 3.63) is 35.9 Å². The Balaban J connectivity index is 0. The summed E-state index contributed by atoms with van der Waals surface area (Å²) in [4.78, 5) is 49.4. The van der Waals surface area contributed by atoms with Crippen molar-refractivity contribution < 1.29 is 23.9 Å². The average molecular weight is 637 g/mol. The molecule has 1 aliphatic heterocycles. The molecule has 4 atom stereocenters. The van der Waals surface area contributed by atoms with Crippen LogP contribution in [0.25, 0.3) is 0 Å². The van der Waals surface area contributed by atoms with E-state index < -0.39 is 23.6 Å². The lowest BCUT2D eigenvalue weighted by atomic mass is 9.86. The molecular weight excluding hydrogens is 589 g/mol. The number of alkyl carbamates (subject to hydrolysis) is 1. The predicted octanol–water partition coefficient (Wildman–Crippen LogP) is 2.75. The molecule has 1 saturated heterocycles. The summed E-state index contributed by atoms with van der Waals surface area (Å²) >= 11 is 0. The maximum Gasteiger partial charge on any atom is 0.408 e. The summed E-state index contributed by atoms with van der Waals surface area (Å²) in [6, 6.07) is 7.90. The number of carbonyl (C=O) groups is 4. The summed E-state index contributed by atoms with van der Waals surface area (Å²) in [5.74, 6) is 0.0824. The van der Waals surface area contributed by atoms with Crippen molar-refractivity contribution >= 4 is 78.2 Å². The van der Waals surface area contributed by atoms with Gasteiger partial charge in [-0.05, 0) is 36.2 Å². The highest BCUT2D eigenvalue weighted by molar-refractivity contribution is 7.59. The van der Waals surface area contributed by atoms with Gasteiger partial charge in [-0.25, -0.2) is 4.79 Å². The van der Waals surface area contributed by atoms with Gasteiger partial charge in [0.1, 0.15) is 18.9 Å². The predicted molar refractivity (Wildman–Crippen MR) is 177 cm³/mol. The zero-order chi connectivity index (χ0) is 26.1. The monoisotopic (exact) mass is 636 g/mol. The Bertz CT molecular complexity index is 916. The van der Waals surface area contributed by atoms with Crippen molar-refractivity contribution in [2.24, 2.45) is 17.3 Å². The molecule has 2 fully saturated rings. The lowest BCUT2D eigenvalue weighted by molar-refractivity contribution is -0.126. The number of aldehydes is 1. The molecule has 9 nitrogen and oxygen atoms in total. The van der Waals surface area contributed by atoms with Gasteiger partial charge in [-0.15, -0.1) is 0 Å². The summed E-state index contributed by atoms with van der Waals surface area (Å²) in [6.45, 7) is 6.83. The molecule has 0 aromatic heterocycles. The van der Waals surface area contributed by atoms with E-state index in [1.165, 1.54) is 0 Å². The van der Waals surface area contributed by atoms with Crippen LogP contribution in [-0.2, 0) is 25.7 Å². The molecular formula is C27H48N4O5S4. The van der Waals surface area contributed by atoms with E-state index in [-0.39, 0.29) is 84.4 Å². The van der Waals surface area contributed by atoms with Crippen LogP contribution in [0.2, 0.25) is 0 Å². The van der Waals surface area contributed by atoms with Crippen LogP contribution >= 0.6 is 54.0 Å². The highest BCUT2D eigenvalue weighted by Crippen LogP contribution is 2.33. The number of benzene rings is 1. The summed E-state index contributed by atoms with van der Waals surface area (Å²) in [5.41, 5.74) is 0.314. The molecule has 4 N–H and O–H groups in total. The second kappa shape index (κ2) is 19.6. The third-order valence-corrected chi connectivity index (χ3v) is 6.76. The molecule has 1 heterocycles. The van der Waals surface area contributed by atoms with Crippen LogP contribution in [0.5, 0.6) is 0 Å². The van der Waals surface area contributed by atoms with E-state index in [1.807, 2.05) is 51.1 Å². The number of hydrogen-bond donors (Lipinski definition) is 4. The lowest BCUT2D eigenvalue weighted by Gasteiger charge is -2.32. The van der Waals surface area contributed by atoms with Crippen molar-refractivity contribution in [2.75, 3.05) is 13.1 Å². The van der Waals surface area contributed by atoms with Crippen LogP contribution in [0.15, 0.2) is 30.3 Å². The van der Waals surface area contributed by atoms with E-state index in [0.29, 0.717) is 25.4 Å². The fraction of sp³-hybridized carbons (Fsp3) is 0.630. The van der Waals surface area contributed by atoms with E-state index in [1.54, 1.807) is 0 Å². The number of nitrogens with one attached hydrogen (secondary N) is 4. The molecule has 230 valence electrons. The molecule has 3 amide bonds. The van der Waals surface area contributed by atoms with Crippen LogP contribution in [0.3, 0.4) is 0 Å². The van der Waals surface area contributed by atoms with E-state index in [9.17, 15) is 19.2 Å². The van der Waals surface area contributed by atoms with Gasteiger partial charge >= 0.3 is 6.09 Å². The molecule has 1 aromatic carbocycles. The molecule has 0 spiro atoms. The van der Waals surface area contributed by atoms with Gasteiger partial charge in [0.25, 0.3) is 0 Å². The van der Waals surface area contributed by atoms with Gasteiger partial charge in [-0.3, -0.25) is 9.59 Å². The normalized spacial score (nSPS) is 18.1. The average Bonchev–Trinajstić information content (AvgIpc) is 3.57. The Morgan fingerprint density at radius 1 is 1.02 bits per heavy atom. The number of ether oxygens (including phenoxy) is 1. The van der Waals surface area contributed by atoms with Gasteiger partial charge in [0, 0.05) is 25.0 Å². The molecule has 0 radical (unpaired) electrons. The minimum absolute atomic E-state index is 0. The molecule has 40 heavy (non-hydrogen) atoms. The quantitative estimate of drug-likeness (QED) is 0.247. The zero-order valence-electron chi connectivity index (χ0n) is 23.5. The van der Waals surface area contributed by atoms with Gasteiger partial charge in [0.05, 0.1) is 6.04 Å². The fourth-order valence-corrected chi connectivity index (χ4v) is 4.45. The second-order valence-electron chi connectivity index (χ2n) is 11.1. The summed E-state index contributed by atoms with van der Waals surface area (Å²) < 4.78 is 5.34. The first-order valence-corrected chi connectivity index (χ1v) is 12.9. The number of amides is 3. The minimum atomic E-state index is -0.800. The van der Waals surface area contributed by atoms with Crippen LogP contribution in [0, 0.1) is 17.3 Å². The number of rotatable bonds is 13. The Labute approximate surface area is 266 Å². The Kier molecular flexibility index (Phi) is 19.8. The molecule has 2 aliphatic rings. The van der Waals surface area contributed by atoms with Crippen molar-refractivity contribution in [3.8, 4) is 0 Å². The highest BCUT2D eigenvalue weighted by atomic mass is 32.1. The van der Waals surface area contributed by atoms with Crippen molar-refractivity contribution in [1.82, 2.24) is 21.3 Å². The van der Waals surface area contributed by atoms with Gasteiger partial charge in [0.15, 0.2) is 0 Å². The summed E-state index contributed by atoms with van der Waals surface area (Å²) in [5, 5.41) is 11.9. The van der Waals surface area contributed by atoms with E-state index in [4.69, 9.17) is 4.74 Å². The second-order valence-corrected chi connectivity index (χ2v) is 11.1. The number of carbonyl (C=O) groups excluding carboxylic acids is 4. The Morgan fingerprint density at radius 2 is 1.68 bits per heavy atom. The van der Waals surface area contributed by atoms with E-state index in [2.05, 4.69) is 21.3 Å². The molecule has 3 rings (SSSR count).